The molecule has 0 spiro atoms. The second kappa shape index (κ2) is 7.31. The average Bonchev–Trinajstić information content (AvgIpc) is 3.12. The van der Waals surface area contributed by atoms with E-state index in [9.17, 15) is 13.2 Å². The van der Waals surface area contributed by atoms with Gasteiger partial charge in [-0.1, -0.05) is 0 Å². The summed E-state index contributed by atoms with van der Waals surface area (Å²) < 4.78 is 38.0. The highest BCUT2D eigenvalue weighted by atomic mass is 32.2. The van der Waals surface area contributed by atoms with Crippen LogP contribution < -0.4 is 4.74 Å². The average molecular weight is 368 g/mol. The van der Waals surface area contributed by atoms with Crippen LogP contribution in [-0.4, -0.2) is 69.5 Å². The smallest absolute Gasteiger partial charge is 0.243 e. The Morgan fingerprint density at radius 3 is 2.60 bits per heavy atom. The quantitative estimate of drug-likeness (QED) is 0.793. The van der Waals surface area contributed by atoms with Gasteiger partial charge in [-0.15, -0.1) is 0 Å². The second-order valence-corrected chi connectivity index (χ2v) is 8.23. The zero-order valence-electron chi connectivity index (χ0n) is 14.6. The van der Waals surface area contributed by atoms with Gasteiger partial charge in [-0.25, -0.2) is 8.42 Å². The molecule has 2 fully saturated rings. The third kappa shape index (κ3) is 3.51. The zero-order chi connectivity index (χ0) is 18.0. The predicted molar refractivity (Wildman–Crippen MR) is 92.0 cm³/mol. The van der Waals surface area contributed by atoms with Gasteiger partial charge in [0.2, 0.25) is 15.9 Å². The Balaban J connectivity index is 1.85. The summed E-state index contributed by atoms with van der Waals surface area (Å²) in [6.45, 7) is 4.22. The van der Waals surface area contributed by atoms with Gasteiger partial charge in [0.05, 0.1) is 25.2 Å². The molecule has 2 saturated heterocycles. The third-order valence-electron chi connectivity index (χ3n) is 4.78. The Morgan fingerprint density at radius 2 is 1.96 bits per heavy atom. The number of carbonyl (C=O) groups is 1. The van der Waals surface area contributed by atoms with Crippen molar-refractivity contribution in [3.63, 3.8) is 0 Å². The maximum absolute atomic E-state index is 13.1. The van der Waals surface area contributed by atoms with Crippen LogP contribution in [0.2, 0.25) is 0 Å². The number of hydrogen-bond donors (Lipinski definition) is 0. The highest BCUT2D eigenvalue weighted by Crippen LogP contribution is 2.29. The SMILES string of the molecule is COc1ccc(S(=O)(=O)N2CCC[C@H]2C(=O)N2CCOCC2)cc1C. The number of benzene rings is 1. The van der Waals surface area contributed by atoms with Gasteiger partial charge in [0.15, 0.2) is 0 Å². The molecule has 2 heterocycles. The molecule has 0 saturated carbocycles. The largest absolute Gasteiger partial charge is 0.496 e. The summed E-state index contributed by atoms with van der Waals surface area (Å²) in [6, 6.07) is 4.17. The monoisotopic (exact) mass is 368 g/mol. The molecule has 8 heteroatoms. The first-order valence-electron chi connectivity index (χ1n) is 8.48. The van der Waals surface area contributed by atoms with Crippen LogP contribution >= 0.6 is 0 Å². The van der Waals surface area contributed by atoms with Crippen LogP contribution in [0.5, 0.6) is 5.75 Å². The Bertz CT molecular complexity index is 743. The summed E-state index contributed by atoms with van der Waals surface area (Å²) in [4.78, 5) is 14.7. The van der Waals surface area contributed by atoms with Crippen molar-refractivity contribution in [3.05, 3.63) is 23.8 Å². The fraction of sp³-hybridized carbons (Fsp3) is 0.588. The van der Waals surface area contributed by atoms with Crippen molar-refractivity contribution in [3.8, 4) is 5.75 Å². The van der Waals surface area contributed by atoms with E-state index in [1.807, 2.05) is 0 Å². The zero-order valence-corrected chi connectivity index (χ0v) is 15.4. The number of hydrogen-bond acceptors (Lipinski definition) is 5. The highest BCUT2D eigenvalue weighted by molar-refractivity contribution is 7.89. The summed E-state index contributed by atoms with van der Waals surface area (Å²) >= 11 is 0. The number of morpholine rings is 1. The molecule has 1 atom stereocenters. The van der Waals surface area contributed by atoms with E-state index in [1.165, 1.54) is 10.4 Å². The maximum Gasteiger partial charge on any atom is 0.243 e. The normalized spacial score (nSPS) is 22.2. The number of rotatable bonds is 4. The van der Waals surface area contributed by atoms with Crippen molar-refractivity contribution in [2.75, 3.05) is 40.0 Å². The standard InChI is InChI=1S/C17H24N2O5S/c1-13-12-14(5-6-16(13)23-2)25(21,22)19-7-3-4-15(19)17(20)18-8-10-24-11-9-18/h5-6,12,15H,3-4,7-11H2,1-2H3/t15-/m0/s1. The molecule has 0 aromatic heterocycles. The van der Waals surface area contributed by atoms with Crippen LogP contribution in [0.15, 0.2) is 23.1 Å². The lowest BCUT2D eigenvalue weighted by molar-refractivity contribution is -0.138. The minimum Gasteiger partial charge on any atom is -0.496 e. The molecule has 1 aromatic rings. The van der Waals surface area contributed by atoms with Gasteiger partial charge in [-0.2, -0.15) is 4.31 Å². The van der Waals surface area contributed by atoms with E-state index in [4.69, 9.17) is 9.47 Å². The lowest BCUT2D eigenvalue weighted by atomic mass is 10.2. The summed E-state index contributed by atoms with van der Waals surface area (Å²) in [5, 5.41) is 0. The van der Waals surface area contributed by atoms with Gasteiger partial charge in [-0.3, -0.25) is 4.79 Å². The molecular weight excluding hydrogens is 344 g/mol. The summed E-state index contributed by atoms with van der Waals surface area (Å²) in [6.07, 6.45) is 1.25. The second-order valence-electron chi connectivity index (χ2n) is 6.34. The molecule has 1 amide bonds. The molecule has 2 aliphatic rings. The fourth-order valence-electron chi connectivity index (χ4n) is 3.42. The van der Waals surface area contributed by atoms with Crippen molar-refractivity contribution < 1.29 is 22.7 Å². The molecule has 3 rings (SSSR count). The Labute approximate surface area is 148 Å². The number of nitrogens with zero attached hydrogens (tertiary/aromatic N) is 2. The first-order chi connectivity index (χ1) is 11.9. The predicted octanol–water partition coefficient (Wildman–Crippen LogP) is 1.02. The molecule has 25 heavy (non-hydrogen) atoms. The van der Waals surface area contributed by atoms with Gasteiger partial charge >= 0.3 is 0 Å². The van der Waals surface area contributed by atoms with Crippen molar-refractivity contribution in [1.29, 1.82) is 0 Å². The molecule has 0 bridgehead atoms. The third-order valence-corrected chi connectivity index (χ3v) is 6.69. The van der Waals surface area contributed by atoms with Crippen molar-refractivity contribution in [2.45, 2.75) is 30.7 Å². The molecule has 2 aliphatic heterocycles. The molecule has 138 valence electrons. The molecule has 0 unspecified atom stereocenters. The molecular formula is C17H24N2O5S. The Kier molecular flexibility index (Phi) is 5.31. The van der Waals surface area contributed by atoms with E-state index in [0.29, 0.717) is 51.4 Å². The fourth-order valence-corrected chi connectivity index (χ4v) is 5.15. The van der Waals surface area contributed by atoms with E-state index in [0.717, 1.165) is 5.56 Å². The number of amides is 1. The first kappa shape index (κ1) is 18.2. The van der Waals surface area contributed by atoms with Crippen molar-refractivity contribution >= 4 is 15.9 Å². The first-order valence-corrected chi connectivity index (χ1v) is 9.92. The Morgan fingerprint density at radius 1 is 1.24 bits per heavy atom. The summed E-state index contributed by atoms with van der Waals surface area (Å²) in [5.74, 6) is 0.524. The molecule has 0 N–H and O–H groups in total. The van der Waals surface area contributed by atoms with Crippen LogP contribution in [0.25, 0.3) is 0 Å². The van der Waals surface area contributed by atoms with E-state index >= 15 is 0 Å². The number of ether oxygens (including phenoxy) is 2. The molecule has 0 radical (unpaired) electrons. The maximum atomic E-state index is 13.1. The van der Waals surface area contributed by atoms with Gasteiger partial charge < -0.3 is 14.4 Å². The molecule has 7 nitrogen and oxygen atoms in total. The Hall–Kier alpha value is -1.64. The van der Waals surface area contributed by atoms with Crippen LogP contribution in [0.4, 0.5) is 0 Å². The van der Waals surface area contributed by atoms with Crippen molar-refractivity contribution in [1.82, 2.24) is 9.21 Å². The summed E-state index contributed by atoms with van der Waals surface area (Å²) in [7, 11) is -2.17. The van der Waals surface area contributed by atoms with E-state index in [2.05, 4.69) is 0 Å². The van der Waals surface area contributed by atoms with Crippen LogP contribution in [0.3, 0.4) is 0 Å². The van der Waals surface area contributed by atoms with Gasteiger partial charge in [0, 0.05) is 19.6 Å². The van der Waals surface area contributed by atoms with Crippen molar-refractivity contribution in [2.24, 2.45) is 0 Å². The lowest BCUT2D eigenvalue weighted by Gasteiger charge is -2.32. The number of sulfonamides is 1. The van der Waals surface area contributed by atoms with Crippen LogP contribution in [0.1, 0.15) is 18.4 Å². The minimum atomic E-state index is -3.72. The summed E-state index contributed by atoms with van der Waals surface area (Å²) in [5.41, 5.74) is 0.749. The lowest BCUT2D eigenvalue weighted by Crippen LogP contribution is -2.50. The van der Waals surface area contributed by atoms with Gasteiger partial charge in [0.1, 0.15) is 11.8 Å². The molecule has 0 aliphatic carbocycles. The number of carbonyl (C=O) groups excluding carboxylic acids is 1. The number of aryl methyl sites for hydroxylation is 1. The highest BCUT2D eigenvalue weighted by Gasteiger charge is 2.41. The van der Waals surface area contributed by atoms with Crippen LogP contribution in [-0.2, 0) is 19.6 Å². The minimum absolute atomic E-state index is 0.116. The number of methoxy groups -OCH3 is 1. The van der Waals surface area contributed by atoms with Gasteiger partial charge in [0.25, 0.3) is 0 Å². The van der Waals surface area contributed by atoms with Crippen LogP contribution in [0, 0.1) is 6.92 Å². The topological polar surface area (TPSA) is 76.2 Å². The van der Waals surface area contributed by atoms with Gasteiger partial charge in [-0.05, 0) is 43.5 Å². The van der Waals surface area contributed by atoms with E-state index < -0.39 is 16.1 Å². The van der Waals surface area contributed by atoms with E-state index in [-0.39, 0.29) is 10.8 Å². The van der Waals surface area contributed by atoms with E-state index in [1.54, 1.807) is 31.1 Å². The molecule has 1 aromatic carbocycles.